The van der Waals surface area contributed by atoms with Gasteiger partial charge in [-0.05, 0) is 13.3 Å². The van der Waals surface area contributed by atoms with Crippen LogP contribution in [0, 0.1) is 0 Å². The zero-order valence-corrected chi connectivity index (χ0v) is 10.7. The predicted molar refractivity (Wildman–Crippen MR) is 62.2 cm³/mol. The standard InChI is InChI=1S/C10H18N2O4S/c1-8-6-17(14,15)5-3-12(8)9(13)10(11)2-4-16-7-10/h8H,2-7,11H2,1H3. The van der Waals surface area contributed by atoms with E-state index in [4.69, 9.17) is 10.5 Å². The summed E-state index contributed by atoms with van der Waals surface area (Å²) in [5.74, 6) is -0.132. The molecule has 17 heavy (non-hydrogen) atoms. The van der Waals surface area contributed by atoms with Crippen molar-refractivity contribution in [3.05, 3.63) is 0 Å². The number of sulfone groups is 1. The smallest absolute Gasteiger partial charge is 0.245 e. The molecule has 0 bridgehead atoms. The number of nitrogens with zero attached hydrogens (tertiary/aromatic N) is 1. The van der Waals surface area contributed by atoms with E-state index in [2.05, 4.69) is 0 Å². The third-order valence-corrected chi connectivity index (χ3v) is 5.20. The molecule has 0 radical (unpaired) electrons. The molecule has 7 heteroatoms. The van der Waals surface area contributed by atoms with Gasteiger partial charge in [0.15, 0.2) is 9.84 Å². The van der Waals surface area contributed by atoms with E-state index in [1.165, 1.54) is 0 Å². The number of amides is 1. The van der Waals surface area contributed by atoms with E-state index in [1.54, 1.807) is 11.8 Å². The largest absolute Gasteiger partial charge is 0.379 e. The lowest BCUT2D eigenvalue weighted by atomic mass is 9.97. The highest BCUT2D eigenvalue weighted by Crippen LogP contribution is 2.22. The van der Waals surface area contributed by atoms with Crippen LogP contribution in [-0.4, -0.2) is 62.1 Å². The fourth-order valence-electron chi connectivity index (χ4n) is 2.34. The van der Waals surface area contributed by atoms with Gasteiger partial charge in [-0.1, -0.05) is 0 Å². The van der Waals surface area contributed by atoms with Gasteiger partial charge in [0.1, 0.15) is 5.54 Å². The molecule has 0 aromatic carbocycles. The lowest BCUT2D eigenvalue weighted by Gasteiger charge is -2.37. The lowest BCUT2D eigenvalue weighted by molar-refractivity contribution is -0.138. The Kier molecular flexibility index (Phi) is 3.17. The normalized spacial score (nSPS) is 37.1. The third-order valence-electron chi connectivity index (χ3n) is 3.41. The minimum Gasteiger partial charge on any atom is -0.379 e. The molecule has 0 spiro atoms. The Morgan fingerprint density at radius 3 is 2.76 bits per heavy atom. The van der Waals surface area contributed by atoms with Crippen LogP contribution in [0.25, 0.3) is 0 Å². The molecule has 2 heterocycles. The first-order valence-corrected chi connectivity index (χ1v) is 7.54. The minimum absolute atomic E-state index is 0.0235. The molecule has 0 aromatic heterocycles. The molecular weight excluding hydrogens is 244 g/mol. The van der Waals surface area contributed by atoms with Gasteiger partial charge in [0, 0.05) is 19.2 Å². The molecule has 2 fully saturated rings. The van der Waals surface area contributed by atoms with Gasteiger partial charge in [-0.15, -0.1) is 0 Å². The van der Waals surface area contributed by atoms with Crippen LogP contribution in [0.2, 0.25) is 0 Å². The number of hydrogen-bond acceptors (Lipinski definition) is 5. The van der Waals surface area contributed by atoms with E-state index in [0.717, 1.165) is 0 Å². The van der Waals surface area contributed by atoms with Gasteiger partial charge in [-0.2, -0.15) is 0 Å². The van der Waals surface area contributed by atoms with Gasteiger partial charge in [0.05, 0.1) is 18.1 Å². The number of ether oxygens (including phenoxy) is 1. The molecule has 0 saturated carbocycles. The maximum atomic E-state index is 12.3. The summed E-state index contributed by atoms with van der Waals surface area (Å²) in [6.07, 6.45) is 0.502. The Hall–Kier alpha value is -0.660. The molecular formula is C10H18N2O4S. The first kappa shape index (κ1) is 12.8. The Morgan fingerprint density at radius 2 is 2.24 bits per heavy atom. The van der Waals surface area contributed by atoms with E-state index in [1.807, 2.05) is 0 Å². The molecule has 98 valence electrons. The van der Waals surface area contributed by atoms with Crippen molar-refractivity contribution >= 4 is 15.7 Å². The Balaban J connectivity index is 2.11. The molecule has 2 N–H and O–H groups in total. The van der Waals surface area contributed by atoms with E-state index in [0.29, 0.717) is 13.0 Å². The highest BCUT2D eigenvalue weighted by atomic mass is 32.2. The highest BCUT2D eigenvalue weighted by Gasteiger charge is 2.44. The molecule has 0 aromatic rings. The summed E-state index contributed by atoms with van der Waals surface area (Å²) in [6.45, 7) is 2.69. The van der Waals surface area contributed by atoms with Gasteiger partial charge in [-0.3, -0.25) is 4.79 Å². The van der Waals surface area contributed by atoms with Crippen molar-refractivity contribution in [2.45, 2.75) is 24.9 Å². The van der Waals surface area contributed by atoms with Crippen molar-refractivity contribution in [2.75, 3.05) is 31.3 Å². The van der Waals surface area contributed by atoms with Crippen LogP contribution in [0.5, 0.6) is 0 Å². The number of carbonyl (C=O) groups is 1. The Bertz CT molecular complexity index is 414. The second-order valence-corrected chi connectivity index (χ2v) is 7.15. The van der Waals surface area contributed by atoms with Crippen molar-refractivity contribution in [1.82, 2.24) is 4.90 Å². The first-order chi connectivity index (χ1) is 7.84. The summed E-state index contributed by atoms with van der Waals surface area (Å²) in [6, 6.07) is -0.303. The summed E-state index contributed by atoms with van der Waals surface area (Å²) in [5, 5.41) is 0. The molecule has 2 unspecified atom stereocenters. The molecule has 2 atom stereocenters. The molecule has 2 aliphatic heterocycles. The molecule has 1 amide bonds. The van der Waals surface area contributed by atoms with Crippen molar-refractivity contribution in [2.24, 2.45) is 5.73 Å². The van der Waals surface area contributed by atoms with Crippen LogP contribution < -0.4 is 5.73 Å². The van der Waals surface area contributed by atoms with E-state index >= 15 is 0 Å². The molecule has 2 aliphatic rings. The average molecular weight is 262 g/mol. The molecule has 6 nitrogen and oxygen atoms in total. The van der Waals surface area contributed by atoms with Gasteiger partial charge < -0.3 is 15.4 Å². The zero-order chi connectivity index (χ0) is 12.7. The van der Waals surface area contributed by atoms with Crippen LogP contribution in [0.15, 0.2) is 0 Å². The van der Waals surface area contributed by atoms with Gasteiger partial charge >= 0.3 is 0 Å². The third kappa shape index (κ3) is 2.46. The maximum Gasteiger partial charge on any atom is 0.245 e. The summed E-state index contributed by atoms with van der Waals surface area (Å²) < 4.78 is 28.0. The van der Waals surface area contributed by atoms with Crippen molar-refractivity contribution in [1.29, 1.82) is 0 Å². The monoisotopic (exact) mass is 262 g/mol. The molecule has 0 aliphatic carbocycles. The second-order valence-electron chi connectivity index (χ2n) is 4.92. The average Bonchev–Trinajstić information content (AvgIpc) is 2.64. The van der Waals surface area contributed by atoms with E-state index in [9.17, 15) is 13.2 Å². The van der Waals surface area contributed by atoms with Crippen molar-refractivity contribution < 1.29 is 17.9 Å². The summed E-state index contributed by atoms with van der Waals surface area (Å²) in [4.78, 5) is 13.8. The fourth-order valence-corrected chi connectivity index (χ4v) is 3.89. The summed E-state index contributed by atoms with van der Waals surface area (Å²) in [7, 11) is -3.01. The van der Waals surface area contributed by atoms with Crippen LogP contribution in [0.4, 0.5) is 0 Å². The lowest BCUT2D eigenvalue weighted by Crippen LogP contribution is -2.61. The number of nitrogens with two attached hydrogens (primary N) is 1. The Morgan fingerprint density at radius 1 is 1.53 bits per heavy atom. The van der Waals surface area contributed by atoms with Crippen molar-refractivity contribution in [3.63, 3.8) is 0 Å². The Labute approximate surface area is 101 Å². The van der Waals surface area contributed by atoms with Crippen molar-refractivity contribution in [3.8, 4) is 0 Å². The highest BCUT2D eigenvalue weighted by molar-refractivity contribution is 7.91. The first-order valence-electron chi connectivity index (χ1n) is 5.72. The maximum absolute atomic E-state index is 12.3. The zero-order valence-electron chi connectivity index (χ0n) is 9.89. The van der Waals surface area contributed by atoms with E-state index < -0.39 is 15.4 Å². The summed E-state index contributed by atoms with van der Waals surface area (Å²) in [5.41, 5.74) is 5.03. The molecule has 2 saturated heterocycles. The SMILES string of the molecule is CC1CS(=O)(=O)CCN1C(=O)C1(N)CCOC1. The summed E-state index contributed by atoms with van der Waals surface area (Å²) >= 11 is 0. The number of rotatable bonds is 1. The predicted octanol–water partition coefficient (Wildman–Crippen LogP) is -1.25. The van der Waals surface area contributed by atoms with Crippen LogP contribution in [0.3, 0.4) is 0 Å². The van der Waals surface area contributed by atoms with Crippen LogP contribution >= 0.6 is 0 Å². The fraction of sp³-hybridized carbons (Fsp3) is 0.900. The van der Waals surface area contributed by atoms with Gasteiger partial charge in [0.2, 0.25) is 5.91 Å². The second kappa shape index (κ2) is 4.22. The van der Waals surface area contributed by atoms with E-state index in [-0.39, 0.29) is 36.6 Å². The van der Waals surface area contributed by atoms with Gasteiger partial charge in [-0.25, -0.2) is 8.42 Å². The number of carbonyl (C=O) groups excluding carboxylic acids is 1. The molecule has 2 rings (SSSR count). The topological polar surface area (TPSA) is 89.7 Å². The van der Waals surface area contributed by atoms with Crippen LogP contribution in [-0.2, 0) is 19.4 Å². The minimum atomic E-state index is -3.01. The van der Waals surface area contributed by atoms with Gasteiger partial charge in [0.25, 0.3) is 0 Å². The van der Waals surface area contributed by atoms with Crippen LogP contribution in [0.1, 0.15) is 13.3 Å². The quantitative estimate of drug-likeness (QED) is 0.637. The number of hydrogen-bond donors (Lipinski definition) is 1.